The lowest BCUT2D eigenvalue weighted by molar-refractivity contribution is 0.118. The molecule has 0 aliphatic heterocycles. The van der Waals surface area contributed by atoms with Crippen molar-refractivity contribution in [1.29, 1.82) is 0 Å². The Hall–Kier alpha value is -0.780. The van der Waals surface area contributed by atoms with E-state index in [1.807, 2.05) is 6.07 Å². The molecule has 3 N–H and O–H groups in total. The highest BCUT2D eigenvalue weighted by Crippen LogP contribution is 2.25. The molecule has 6 heteroatoms. The maximum absolute atomic E-state index is 11.8. The van der Waals surface area contributed by atoms with Crippen molar-refractivity contribution < 1.29 is 9.90 Å². The molecule has 0 spiro atoms. The highest BCUT2D eigenvalue weighted by molar-refractivity contribution is 9.10. The number of nitrogens with one attached hydrogen (secondary N) is 2. The molecule has 0 unspecified atom stereocenters. The van der Waals surface area contributed by atoms with Gasteiger partial charge >= 0.3 is 6.03 Å². The minimum absolute atomic E-state index is 0.123. The molecular weight excluding hydrogens is 332 g/mol. The highest BCUT2D eigenvalue weighted by Gasteiger charge is 2.20. The minimum Gasteiger partial charge on any atom is -0.393 e. The van der Waals surface area contributed by atoms with Gasteiger partial charge in [-0.1, -0.05) is 27.5 Å². The van der Waals surface area contributed by atoms with Crippen molar-refractivity contribution in [3.8, 4) is 0 Å². The van der Waals surface area contributed by atoms with Gasteiger partial charge in [0.15, 0.2) is 0 Å². The minimum atomic E-state index is -0.259. The quantitative estimate of drug-likeness (QED) is 0.766. The average Bonchev–Trinajstić information content (AvgIpc) is 2.36. The lowest BCUT2D eigenvalue weighted by Crippen LogP contribution is -2.40. The molecule has 1 aromatic carbocycles. The fourth-order valence-corrected chi connectivity index (χ4v) is 2.88. The lowest BCUT2D eigenvalue weighted by atomic mass is 9.93. The predicted molar refractivity (Wildman–Crippen MR) is 79.6 cm³/mol. The Morgan fingerprint density at radius 2 is 2.00 bits per heavy atom. The van der Waals surface area contributed by atoms with Crippen LogP contribution in [-0.4, -0.2) is 23.3 Å². The van der Waals surface area contributed by atoms with Gasteiger partial charge in [-0.25, -0.2) is 4.79 Å². The standard InChI is InChI=1S/C13H16BrClN2O2/c14-8-1-6-12(11(15)7-8)17-13(19)16-9-2-4-10(18)5-3-9/h1,6-7,9-10,18H,2-5H2,(H2,16,17,19). The summed E-state index contributed by atoms with van der Waals surface area (Å²) < 4.78 is 0.865. The van der Waals surface area contributed by atoms with Gasteiger partial charge in [-0.15, -0.1) is 0 Å². The lowest BCUT2D eigenvalue weighted by Gasteiger charge is -2.26. The van der Waals surface area contributed by atoms with Crippen LogP contribution in [0.5, 0.6) is 0 Å². The number of carbonyl (C=O) groups excluding carboxylic acids is 1. The Morgan fingerprint density at radius 3 is 2.63 bits per heavy atom. The normalized spacial score (nSPS) is 22.9. The van der Waals surface area contributed by atoms with E-state index in [2.05, 4.69) is 26.6 Å². The molecule has 0 heterocycles. The smallest absolute Gasteiger partial charge is 0.319 e. The summed E-state index contributed by atoms with van der Waals surface area (Å²) in [5, 5.41) is 15.5. The van der Waals surface area contributed by atoms with E-state index < -0.39 is 0 Å². The fraction of sp³-hybridized carbons (Fsp3) is 0.462. The molecule has 2 amide bonds. The van der Waals surface area contributed by atoms with E-state index in [-0.39, 0.29) is 18.2 Å². The summed E-state index contributed by atoms with van der Waals surface area (Å²) in [4.78, 5) is 11.8. The van der Waals surface area contributed by atoms with E-state index in [1.165, 1.54) is 0 Å². The average molecular weight is 348 g/mol. The summed E-state index contributed by atoms with van der Waals surface area (Å²) >= 11 is 9.34. The predicted octanol–water partition coefficient (Wildman–Crippen LogP) is 3.53. The molecule has 104 valence electrons. The van der Waals surface area contributed by atoms with E-state index in [9.17, 15) is 9.90 Å². The van der Waals surface area contributed by atoms with Crippen molar-refractivity contribution in [3.63, 3.8) is 0 Å². The van der Waals surface area contributed by atoms with E-state index in [0.717, 1.165) is 30.2 Å². The van der Waals surface area contributed by atoms with Crippen molar-refractivity contribution in [2.45, 2.75) is 37.8 Å². The van der Waals surface area contributed by atoms with Crippen LogP contribution in [-0.2, 0) is 0 Å². The molecule has 0 saturated heterocycles. The number of carbonyl (C=O) groups is 1. The van der Waals surface area contributed by atoms with Crippen molar-refractivity contribution in [1.82, 2.24) is 5.32 Å². The maximum atomic E-state index is 11.8. The molecule has 1 aromatic rings. The van der Waals surface area contributed by atoms with Gasteiger partial charge in [0.1, 0.15) is 0 Å². The number of halogens is 2. The summed E-state index contributed by atoms with van der Waals surface area (Å²) in [5.41, 5.74) is 0.582. The van der Waals surface area contributed by atoms with Gasteiger partial charge in [-0.2, -0.15) is 0 Å². The molecule has 1 aliphatic rings. The number of benzene rings is 1. The number of urea groups is 1. The second-order valence-electron chi connectivity index (χ2n) is 4.73. The monoisotopic (exact) mass is 346 g/mol. The molecule has 0 bridgehead atoms. The van der Waals surface area contributed by atoms with Crippen molar-refractivity contribution in [3.05, 3.63) is 27.7 Å². The van der Waals surface area contributed by atoms with Crippen LogP contribution in [0.1, 0.15) is 25.7 Å². The zero-order valence-electron chi connectivity index (χ0n) is 10.3. The van der Waals surface area contributed by atoms with E-state index >= 15 is 0 Å². The molecule has 0 radical (unpaired) electrons. The Balaban J connectivity index is 1.87. The van der Waals surface area contributed by atoms with E-state index in [1.54, 1.807) is 12.1 Å². The van der Waals surface area contributed by atoms with Crippen LogP contribution in [0.25, 0.3) is 0 Å². The third kappa shape index (κ3) is 4.37. The number of anilines is 1. The van der Waals surface area contributed by atoms with Gasteiger partial charge < -0.3 is 15.7 Å². The van der Waals surface area contributed by atoms with Gasteiger partial charge in [-0.05, 0) is 43.9 Å². The van der Waals surface area contributed by atoms with Gasteiger partial charge in [0.05, 0.1) is 16.8 Å². The molecular formula is C13H16BrClN2O2. The van der Waals surface area contributed by atoms with Crippen molar-refractivity contribution in [2.75, 3.05) is 5.32 Å². The first-order valence-electron chi connectivity index (χ1n) is 6.25. The van der Waals surface area contributed by atoms with Gasteiger partial charge in [0.25, 0.3) is 0 Å². The van der Waals surface area contributed by atoms with Crippen LogP contribution in [0.3, 0.4) is 0 Å². The number of amides is 2. The summed E-state index contributed by atoms with van der Waals surface area (Å²) in [6, 6.07) is 5.16. The number of aliphatic hydroxyl groups excluding tert-OH is 1. The molecule has 2 rings (SSSR count). The molecule has 0 atom stereocenters. The summed E-state index contributed by atoms with van der Waals surface area (Å²) in [6.45, 7) is 0. The Kier molecular flexibility index (Phi) is 5.07. The van der Waals surface area contributed by atoms with Crippen LogP contribution in [0.15, 0.2) is 22.7 Å². The molecule has 1 saturated carbocycles. The Morgan fingerprint density at radius 1 is 1.32 bits per heavy atom. The summed E-state index contributed by atoms with van der Waals surface area (Å²) in [5.74, 6) is 0. The van der Waals surface area contributed by atoms with E-state index in [0.29, 0.717) is 10.7 Å². The number of hydrogen-bond acceptors (Lipinski definition) is 2. The first-order valence-corrected chi connectivity index (χ1v) is 7.42. The SMILES string of the molecule is O=C(Nc1ccc(Br)cc1Cl)NC1CCC(O)CC1. The second kappa shape index (κ2) is 6.59. The Bertz CT molecular complexity index is 462. The van der Waals surface area contributed by atoms with Crippen molar-refractivity contribution >= 4 is 39.2 Å². The molecule has 1 fully saturated rings. The second-order valence-corrected chi connectivity index (χ2v) is 6.05. The molecule has 0 aromatic heterocycles. The zero-order valence-corrected chi connectivity index (χ0v) is 12.7. The van der Waals surface area contributed by atoms with Crippen LogP contribution < -0.4 is 10.6 Å². The number of aliphatic hydroxyl groups is 1. The van der Waals surface area contributed by atoms with Crippen LogP contribution >= 0.6 is 27.5 Å². The summed E-state index contributed by atoms with van der Waals surface area (Å²) in [7, 11) is 0. The molecule has 19 heavy (non-hydrogen) atoms. The first kappa shape index (κ1) is 14.6. The zero-order chi connectivity index (χ0) is 13.8. The fourth-order valence-electron chi connectivity index (χ4n) is 2.15. The third-order valence-electron chi connectivity index (χ3n) is 3.21. The van der Waals surface area contributed by atoms with Gasteiger partial charge in [0.2, 0.25) is 0 Å². The number of hydrogen-bond donors (Lipinski definition) is 3. The molecule has 4 nitrogen and oxygen atoms in total. The van der Waals surface area contributed by atoms with Gasteiger partial charge in [0, 0.05) is 10.5 Å². The van der Waals surface area contributed by atoms with Crippen LogP contribution in [0, 0.1) is 0 Å². The summed E-state index contributed by atoms with van der Waals surface area (Å²) in [6.07, 6.45) is 2.88. The first-order chi connectivity index (χ1) is 9.04. The number of rotatable bonds is 2. The largest absolute Gasteiger partial charge is 0.393 e. The maximum Gasteiger partial charge on any atom is 0.319 e. The van der Waals surface area contributed by atoms with Crippen molar-refractivity contribution in [2.24, 2.45) is 0 Å². The van der Waals surface area contributed by atoms with E-state index in [4.69, 9.17) is 11.6 Å². The van der Waals surface area contributed by atoms with Crippen LogP contribution in [0.2, 0.25) is 5.02 Å². The Labute approximate surface area is 125 Å². The topological polar surface area (TPSA) is 61.4 Å². The van der Waals surface area contributed by atoms with Crippen LogP contribution in [0.4, 0.5) is 10.5 Å². The third-order valence-corrected chi connectivity index (χ3v) is 4.02. The molecule has 1 aliphatic carbocycles. The highest BCUT2D eigenvalue weighted by atomic mass is 79.9. The van der Waals surface area contributed by atoms with Gasteiger partial charge in [-0.3, -0.25) is 0 Å².